The van der Waals surface area contributed by atoms with Crippen molar-refractivity contribution >= 4 is 27.4 Å². The molecule has 1 aliphatic rings. The van der Waals surface area contributed by atoms with Crippen LogP contribution in [0.15, 0.2) is 61.4 Å². The number of rotatable bonds is 9. The zero-order chi connectivity index (χ0) is 29.7. The minimum Gasteiger partial charge on any atom is -0.495 e. The lowest BCUT2D eigenvalue weighted by Gasteiger charge is -2.27. The number of methoxy groups -OCH3 is 1. The number of sulfone groups is 1. The maximum Gasteiger partial charge on any atom is 0.254 e. The Balaban J connectivity index is 1.28. The standard InChI is InChI=1S/C28H28N8O5S/c1-19(16-36-18-30-17-33-36)41-25-11-20(3-4-22(25)13-29)23-14-31-28(32-15-23)34-24-6-5-21(12-26(24)40-2)27(37)35-7-9-42(38,39)10-8-35/h3-6,11-12,14-15,17-19H,7-10,16H2,1-2H3,(H,31,32,34)/t19-/m0/s1. The van der Waals surface area contributed by atoms with E-state index in [4.69, 9.17) is 9.47 Å². The van der Waals surface area contributed by atoms with Gasteiger partial charge < -0.3 is 19.7 Å². The summed E-state index contributed by atoms with van der Waals surface area (Å²) in [6.45, 7) is 2.69. The number of benzene rings is 2. The number of nitrogens with one attached hydrogen (secondary N) is 1. The first-order valence-corrected chi connectivity index (χ1v) is 14.9. The Labute approximate surface area is 242 Å². The molecule has 3 heterocycles. The van der Waals surface area contributed by atoms with Crippen LogP contribution >= 0.6 is 0 Å². The van der Waals surface area contributed by atoms with Crippen LogP contribution in [0.2, 0.25) is 0 Å². The van der Waals surface area contributed by atoms with Gasteiger partial charge in [-0.25, -0.2) is 28.1 Å². The second-order valence-corrected chi connectivity index (χ2v) is 12.0. The van der Waals surface area contributed by atoms with E-state index >= 15 is 0 Å². The van der Waals surface area contributed by atoms with Crippen molar-refractivity contribution in [3.63, 3.8) is 0 Å². The summed E-state index contributed by atoms with van der Waals surface area (Å²) in [5.74, 6) is 0.825. The van der Waals surface area contributed by atoms with Crippen LogP contribution in [0, 0.1) is 11.3 Å². The zero-order valence-corrected chi connectivity index (χ0v) is 23.8. The number of hydrogen-bond donors (Lipinski definition) is 1. The van der Waals surface area contributed by atoms with Gasteiger partial charge in [0.1, 0.15) is 36.3 Å². The number of ether oxygens (including phenoxy) is 2. The highest BCUT2D eigenvalue weighted by atomic mass is 32.2. The maximum absolute atomic E-state index is 12.9. The van der Waals surface area contributed by atoms with E-state index in [0.29, 0.717) is 40.8 Å². The average molecular weight is 589 g/mol. The van der Waals surface area contributed by atoms with Crippen LogP contribution in [-0.2, 0) is 16.4 Å². The summed E-state index contributed by atoms with van der Waals surface area (Å²) in [5, 5.41) is 16.7. The van der Waals surface area contributed by atoms with Crippen LogP contribution in [0.4, 0.5) is 11.6 Å². The summed E-state index contributed by atoms with van der Waals surface area (Å²) in [4.78, 5) is 27.2. The number of carbonyl (C=O) groups is 1. The third kappa shape index (κ3) is 6.64. The first kappa shape index (κ1) is 28.5. The fourth-order valence-corrected chi connectivity index (χ4v) is 5.63. The first-order valence-electron chi connectivity index (χ1n) is 13.0. The Morgan fingerprint density at radius 2 is 1.86 bits per heavy atom. The number of hydrogen-bond acceptors (Lipinski definition) is 11. The largest absolute Gasteiger partial charge is 0.495 e. The number of nitriles is 1. The Hall–Kier alpha value is -5.03. The molecule has 5 rings (SSSR count). The van der Waals surface area contributed by atoms with Crippen LogP contribution in [-0.4, -0.2) is 81.8 Å². The van der Waals surface area contributed by atoms with Crippen molar-refractivity contribution in [3.05, 3.63) is 72.6 Å². The van der Waals surface area contributed by atoms with Gasteiger partial charge in [-0.05, 0) is 42.8 Å². The molecule has 1 atom stereocenters. The molecule has 42 heavy (non-hydrogen) atoms. The lowest BCUT2D eigenvalue weighted by atomic mass is 10.1. The second kappa shape index (κ2) is 12.2. The average Bonchev–Trinajstić information content (AvgIpc) is 3.50. The predicted molar refractivity (Wildman–Crippen MR) is 153 cm³/mol. The van der Waals surface area contributed by atoms with Gasteiger partial charge in [0, 0.05) is 36.6 Å². The van der Waals surface area contributed by atoms with E-state index in [2.05, 4.69) is 31.4 Å². The molecule has 1 N–H and O–H groups in total. The molecule has 4 aromatic rings. The number of nitrogens with zero attached hydrogens (tertiary/aromatic N) is 7. The highest BCUT2D eigenvalue weighted by molar-refractivity contribution is 7.91. The molecular formula is C28H28N8O5S. The molecule has 2 aromatic carbocycles. The molecule has 1 fully saturated rings. The van der Waals surface area contributed by atoms with Crippen molar-refractivity contribution in [1.29, 1.82) is 5.26 Å². The van der Waals surface area contributed by atoms with Crippen molar-refractivity contribution in [2.24, 2.45) is 0 Å². The number of carbonyl (C=O) groups excluding carboxylic acids is 1. The quantitative estimate of drug-likeness (QED) is 0.305. The van der Waals surface area contributed by atoms with Crippen molar-refractivity contribution < 1.29 is 22.7 Å². The minimum atomic E-state index is -3.09. The topological polar surface area (TPSA) is 165 Å². The molecule has 13 nitrogen and oxygen atoms in total. The van der Waals surface area contributed by atoms with Gasteiger partial charge >= 0.3 is 0 Å². The van der Waals surface area contributed by atoms with Gasteiger partial charge in [-0.3, -0.25) is 4.79 Å². The van der Waals surface area contributed by atoms with E-state index in [1.54, 1.807) is 59.8 Å². The number of anilines is 2. The van der Waals surface area contributed by atoms with Crippen molar-refractivity contribution in [1.82, 2.24) is 29.6 Å². The molecule has 0 unspecified atom stereocenters. The van der Waals surface area contributed by atoms with Crippen molar-refractivity contribution in [3.8, 4) is 28.7 Å². The maximum atomic E-state index is 12.9. The highest BCUT2D eigenvalue weighted by Gasteiger charge is 2.26. The molecule has 14 heteroatoms. The summed E-state index contributed by atoms with van der Waals surface area (Å²) in [6, 6.07) is 12.4. The van der Waals surface area contributed by atoms with E-state index in [1.807, 2.05) is 6.92 Å². The van der Waals surface area contributed by atoms with Crippen LogP contribution in [0.25, 0.3) is 11.1 Å². The fraction of sp³-hybridized carbons (Fsp3) is 0.286. The smallest absolute Gasteiger partial charge is 0.254 e. The lowest BCUT2D eigenvalue weighted by Crippen LogP contribution is -2.43. The summed E-state index contributed by atoms with van der Waals surface area (Å²) in [5.41, 5.74) is 2.84. The third-order valence-corrected chi connectivity index (χ3v) is 8.26. The predicted octanol–water partition coefficient (Wildman–Crippen LogP) is 2.70. The normalized spacial score (nSPS) is 14.9. The number of amides is 1. The van der Waals surface area contributed by atoms with E-state index in [-0.39, 0.29) is 36.6 Å². The molecule has 1 saturated heterocycles. The molecule has 0 bridgehead atoms. The Morgan fingerprint density at radius 1 is 1.10 bits per heavy atom. The number of aromatic nitrogens is 5. The molecule has 0 saturated carbocycles. The van der Waals surface area contributed by atoms with Crippen LogP contribution in [0.5, 0.6) is 11.5 Å². The summed E-state index contributed by atoms with van der Waals surface area (Å²) >= 11 is 0. The molecule has 1 aliphatic heterocycles. The zero-order valence-electron chi connectivity index (χ0n) is 23.0. The van der Waals surface area contributed by atoms with Gasteiger partial charge in [-0.15, -0.1) is 0 Å². The molecule has 0 aliphatic carbocycles. The van der Waals surface area contributed by atoms with Gasteiger partial charge in [0.2, 0.25) is 5.95 Å². The van der Waals surface area contributed by atoms with Gasteiger partial charge in [0.05, 0.1) is 36.4 Å². The fourth-order valence-electron chi connectivity index (χ4n) is 4.42. The second-order valence-electron chi connectivity index (χ2n) is 9.65. The Kier molecular flexibility index (Phi) is 8.30. The van der Waals surface area contributed by atoms with Crippen molar-refractivity contribution in [2.75, 3.05) is 37.0 Å². The SMILES string of the molecule is COc1cc(C(=O)N2CCS(=O)(=O)CC2)ccc1Nc1ncc(-c2ccc(C#N)c(O[C@@H](C)Cn3cncn3)c2)cn1. The van der Waals surface area contributed by atoms with Crippen molar-refractivity contribution in [2.45, 2.75) is 19.6 Å². The Bertz CT molecular complexity index is 1710. The first-order chi connectivity index (χ1) is 20.2. The Morgan fingerprint density at radius 3 is 2.52 bits per heavy atom. The molecular weight excluding hydrogens is 560 g/mol. The minimum absolute atomic E-state index is 0.0389. The van der Waals surface area contributed by atoms with Crippen LogP contribution in [0.1, 0.15) is 22.8 Å². The molecule has 2 aromatic heterocycles. The summed E-state index contributed by atoms with van der Waals surface area (Å²) < 4.78 is 36.6. The van der Waals surface area contributed by atoms with Gasteiger partial charge in [-0.1, -0.05) is 6.07 Å². The summed E-state index contributed by atoms with van der Waals surface area (Å²) in [6.07, 6.45) is 6.09. The monoisotopic (exact) mass is 588 g/mol. The van der Waals surface area contributed by atoms with E-state index in [0.717, 1.165) is 11.1 Å². The molecule has 216 valence electrons. The van der Waals surface area contributed by atoms with Crippen LogP contribution < -0.4 is 14.8 Å². The molecule has 1 amide bonds. The summed E-state index contributed by atoms with van der Waals surface area (Å²) in [7, 11) is -1.60. The van der Waals surface area contributed by atoms with Gasteiger partial charge in [0.15, 0.2) is 9.84 Å². The molecule has 0 spiro atoms. The van der Waals surface area contributed by atoms with E-state index < -0.39 is 9.84 Å². The van der Waals surface area contributed by atoms with Gasteiger partial charge in [0.25, 0.3) is 5.91 Å². The third-order valence-electron chi connectivity index (χ3n) is 6.65. The van der Waals surface area contributed by atoms with E-state index in [1.165, 1.54) is 18.3 Å². The van der Waals surface area contributed by atoms with Gasteiger partial charge in [-0.2, -0.15) is 10.4 Å². The van der Waals surface area contributed by atoms with E-state index in [9.17, 15) is 18.5 Å². The lowest BCUT2D eigenvalue weighted by molar-refractivity contribution is 0.0770. The highest BCUT2D eigenvalue weighted by Crippen LogP contribution is 2.30. The van der Waals surface area contributed by atoms with Crippen LogP contribution in [0.3, 0.4) is 0 Å². The molecule has 0 radical (unpaired) electrons.